The molecule has 0 saturated carbocycles. The molecule has 0 amide bonds. The van der Waals surface area contributed by atoms with Crippen LogP contribution in [0.25, 0.3) is 43.8 Å². The summed E-state index contributed by atoms with van der Waals surface area (Å²) in [6, 6.07) is 8.43. The van der Waals surface area contributed by atoms with Gasteiger partial charge in [0.2, 0.25) is 0 Å². The van der Waals surface area contributed by atoms with Gasteiger partial charge >= 0.3 is 0 Å². The van der Waals surface area contributed by atoms with Crippen LogP contribution in [0.2, 0.25) is 0 Å². The van der Waals surface area contributed by atoms with Crippen LogP contribution >= 0.6 is 0 Å². The van der Waals surface area contributed by atoms with E-state index in [9.17, 15) is 13.6 Å². The number of nitrogens with one attached hydrogen (secondary N) is 2. The van der Waals surface area contributed by atoms with E-state index in [1.165, 1.54) is 12.3 Å². The topological polar surface area (TPSA) is 100 Å². The van der Waals surface area contributed by atoms with Crippen molar-refractivity contribution in [2.24, 2.45) is 0 Å². The van der Waals surface area contributed by atoms with Crippen molar-refractivity contribution in [3.05, 3.63) is 64.5 Å². The van der Waals surface area contributed by atoms with Crippen LogP contribution in [0.3, 0.4) is 0 Å². The third kappa shape index (κ3) is 2.64. The Labute approximate surface area is 168 Å². The smallest absolute Gasteiger partial charge is 0.272 e. The molecule has 0 aliphatic carbocycles. The lowest BCUT2D eigenvalue weighted by Crippen LogP contribution is -2.14. The quantitative estimate of drug-likeness (QED) is 0.389. The van der Waals surface area contributed by atoms with Crippen LogP contribution < -0.4 is 11.3 Å². The summed E-state index contributed by atoms with van der Waals surface area (Å²) >= 11 is 0. The molecule has 0 aliphatic rings. The number of aryl methyl sites for hydroxylation is 1. The number of pyridine rings is 2. The van der Waals surface area contributed by atoms with Crippen LogP contribution in [0.5, 0.6) is 0 Å². The van der Waals surface area contributed by atoms with E-state index in [-0.39, 0.29) is 11.2 Å². The van der Waals surface area contributed by atoms with Gasteiger partial charge in [0.1, 0.15) is 17.0 Å². The summed E-state index contributed by atoms with van der Waals surface area (Å²) in [6.45, 7) is -0.444. The lowest BCUT2D eigenvalue weighted by Gasteiger charge is -2.15. The molecule has 0 radical (unpaired) electrons. The van der Waals surface area contributed by atoms with Crippen molar-refractivity contribution in [2.45, 2.75) is 12.8 Å². The van der Waals surface area contributed by atoms with E-state index in [0.717, 1.165) is 10.9 Å². The number of anilines is 1. The van der Waals surface area contributed by atoms with E-state index in [0.29, 0.717) is 45.8 Å². The Morgan fingerprint density at radius 2 is 1.97 bits per heavy atom. The third-order valence-electron chi connectivity index (χ3n) is 5.40. The van der Waals surface area contributed by atoms with Gasteiger partial charge in [0.25, 0.3) is 5.56 Å². The number of rotatable bonds is 4. The van der Waals surface area contributed by atoms with Gasteiger partial charge in [-0.25, -0.2) is 4.39 Å². The van der Waals surface area contributed by atoms with Crippen molar-refractivity contribution in [1.29, 1.82) is 0 Å². The Balaban J connectivity index is 1.96. The van der Waals surface area contributed by atoms with Crippen LogP contribution in [0, 0.1) is 5.82 Å². The Bertz CT molecular complexity index is 1490. The number of hydrogen-bond acceptors (Lipinski definition) is 4. The van der Waals surface area contributed by atoms with E-state index in [4.69, 9.17) is 5.73 Å². The SMILES string of the molecule is Nc1c(-c2ccc(F)c3[nH]ncc23)c2cc(CCCF)c3ncccc3c2[nH]c1=O. The first-order chi connectivity index (χ1) is 14.6. The zero-order valence-electron chi connectivity index (χ0n) is 15.8. The van der Waals surface area contributed by atoms with E-state index in [1.807, 2.05) is 12.1 Å². The Kier molecular flexibility index (Phi) is 4.20. The first-order valence-electron chi connectivity index (χ1n) is 9.50. The summed E-state index contributed by atoms with van der Waals surface area (Å²) in [5, 5.41) is 8.54. The van der Waals surface area contributed by atoms with Gasteiger partial charge in [-0.05, 0) is 48.2 Å². The third-order valence-corrected chi connectivity index (χ3v) is 5.40. The second kappa shape index (κ2) is 6.91. The van der Waals surface area contributed by atoms with E-state index >= 15 is 0 Å². The summed E-state index contributed by atoms with van der Waals surface area (Å²) < 4.78 is 27.1. The molecule has 150 valence electrons. The van der Waals surface area contributed by atoms with Gasteiger partial charge in [0, 0.05) is 27.9 Å². The second-order valence-corrected chi connectivity index (χ2v) is 7.15. The fraction of sp³-hybridized carbons (Fsp3) is 0.136. The van der Waals surface area contributed by atoms with Crippen molar-refractivity contribution >= 4 is 38.4 Å². The van der Waals surface area contributed by atoms with Crippen LogP contribution in [-0.2, 0) is 6.42 Å². The highest BCUT2D eigenvalue weighted by molar-refractivity contribution is 6.14. The molecule has 5 rings (SSSR count). The molecule has 5 aromatic rings. The standard InChI is InChI=1S/C22H17F2N5O/c23-7-1-3-11-9-14-17(12-5-6-16(24)21-15(12)10-27-29-21)18(25)22(30)28-20(14)13-4-2-8-26-19(11)13/h2,4-6,8-10H,1,3,7,25H2,(H,27,29)(H,28,30). The minimum absolute atomic E-state index is 0.0243. The normalized spacial score (nSPS) is 11.7. The van der Waals surface area contributed by atoms with Crippen molar-refractivity contribution in [1.82, 2.24) is 20.2 Å². The molecule has 2 aromatic carbocycles. The highest BCUT2D eigenvalue weighted by atomic mass is 19.1. The summed E-state index contributed by atoms with van der Waals surface area (Å²) in [7, 11) is 0. The van der Waals surface area contributed by atoms with Gasteiger partial charge in [0.15, 0.2) is 0 Å². The van der Waals surface area contributed by atoms with E-state index < -0.39 is 18.1 Å². The van der Waals surface area contributed by atoms with Crippen LogP contribution in [0.15, 0.2) is 47.5 Å². The molecule has 3 aromatic heterocycles. The van der Waals surface area contributed by atoms with Gasteiger partial charge in [-0.15, -0.1) is 0 Å². The number of nitrogens with zero attached hydrogens (tertiary/aromatic N) is 2. The number of aromatic amines is 2. The summed E-state index contributed by atoms with van der Waals surface area (Å²) in [4.78, 5) is 20.0. The van der Waals surface area contributed by atoms with E-state index in [1.54, 1.807) is 18.3 Å². The Morgan fingerprint density at radius 1 is 1.10 bits per heavy atom. The maximum absolute atomic E-state index is 14.2. The molecule has 0 spiro atoms. The number of aromatic nitrogens is 4. The second-order valence-electron chi connectivity index (χ2n) is 7.15. The largest absolute Gasteiger partial charge is 0.394 e. The molecular weight excluding hydrogens is 388 g/mol. The van der Waals surface area contributed by atoms with Gasteiger partial charge < -0.3 is 10.7 Å². The van der Waals surface area contributed by atoms with Gasteiger partial charge in [-0.2, -0.15) is 5.10 Å². The predicted octanol–water partition coefficient (Wildman–Crippen LogP) is 4.24. The molecule has 0 unspecified atom stereocenters. The zero-order valence-corrected chi connectivity index (χ0v) is 15.8. The molecule has 8 heteroatoms. The molecular formula is C22H17F2N5O. The predicted molar refractivity (Wildman–Crippen MR) is 114 cm³/mol. The van der Waals surface area contributed by atoms with Crippen molar-refractivity contribution in [2.75, 3.05) is 12.4 Å². The maximum Gasteiger partial charge on any atom is 0.272 e. The number of halogens is 2. The molecule has 0 saturated heterocycles. The number of hydrogen-bond donors (Lipinski definition) is 3. The van der Waals surface area contributed by atoms with E-state index in [2.05, 4.69) is 20.2 Å². The van der Waals surface area contributed by atoms with Crippen LogP contribution in [-0.4, -0.2) is 26.8 Å². The fourth-order valence-corrected chi connectivity index (χ4v) is 4.05. The molecule has 0 aliphatic heterocycles. The lowest BCUT2D eigenvalue weighted by molar-refractivity contribution is 0.473. The van der Waals surface area contributed by atoms with Crippen LogP contribution in [0.1, 0.15) is 12.0 Å². The van der Waals surface area contributed by atoms with Crippen molar-refractivity contribution < 1.29 is 8.78 Å². The van der Waals surface area contributed by atoms with Gasteiger partial charge in [-0.1, -0.05) is 6.07 Å². The zero-order chi connectivity index (χ0) is 20.8. The number of benzene rings is 2. The first-order valence-corrected chi connectivity index (χ1v) is 9.50. The molecule has 0 fully saturated rings. The summed E-state index contributed by atoms with van der Waals surface area (Å²) in [5.74, 6) is -0.447. The number of nitrogens with two attached hydrogens (primary N) is 1. The number of fused-ring (bicyclic) bond motifs is 4. The number of alkyl halides is 1. The van der Waals surface area contributed by atoms with Crippen LogP contribution in [0.4, 0.5) is 14.5 Å². The molecule has 0 atom stereocenters. The molecule has 4 N–H and O–H groups in total. The Hall–Kier alpha value is -3.81. The molecule has 6 nitrogen and oxygen atoms in total. The summed E-state index contributed by atoms with van der Waals surface area (Å²) in [5.41, 5.74) is 9.27. The maximum atomic E-state index is 14.2. The molecule has 30 heavy (non-hydrogen) atoms. The van der Waals surface area contributed by atoms with Gasteiger partial charge in [-0.3, -0.25) is 19.3 Å². The molecule has 3 heterocycles. The monoisotopic (exact) mass is 405 g/mol. The van der Waals surface area contributed by atoms with Gasteiger partial charge in [0.05, 0.1) is 23.9 Å². The number of nitrogen functional groups attached to an aromatic ring is 1. The average molecular weight is 405 g/mol. The highest BCUT2D eigenvalue weighted by Gasteiger charge is 2.19. The minimum Gasteiger partial charge on any atom is -0.394 e. The van der Waals surface area contributed by atoms with Crippen molar-refractivity contribution in [3.8, 4) is 11.1 Å². The summed E-state index contributed by atoms with van der Waals surface area (Å²) in [6.07, 6.45) is 4.02. The molecule has 0 bridgehead atoms. The first kappa shape index (κ1) is 18.2. The van der Waals surface area contributed by atoms with Crippen molar-refractivity contribution in [3.63, 3.8) is 0 Å². The Morgan fingerprint density at radius 3 is 2.80 bits per heavy atom. The average Bonchev–Trinajstić information content (AvgIpc) is 3.25. The fourth-order valence-electron chi connectivity index (χ4n) is 4.05. The lowest BCUT2D eigenvalue weighted by atomic mass is 9.93. The highest BCUT2D eigenvalue weighted by Crippen LogP contribution is 2.38. The minimum atomic E-state index is -0.447. The number of H-pyrrole nitrogens is 2.